The molecule has 1 unspecified atom stereocenters. The summed E-state index contributed by atoms with van der Waals surface area (Å²) in [5.74, 6) is 0. The van der Waals surface area contributed by atoms with Gasteiger partial charge in [0.05, 0.1) is 23.6 Å². The van der Waals surface area contributed by atoms with Crippen molar-refractivity contribution in [3.8, 4) is 6.01 Å². The van der Waals surface area contributed by atoms with E-state index in [-0.39, 0.29) is 12.1 Å². The summed E-state index contributed by atoms with van der Waals surface area (Å²) in [6.07, 6.45) is 2.56. The Labute approximate surface area is 204 Å². The monoisotopic (exact) mass is 489 g/mol. The fourth-order valence-electron chi connectivity index (χ4n) is 4.06. The van der Waals surface area contributed by atoms with Gasteiger partial charge in [0.2, 0.25) is 0 Å². The molecule has 1 amide bonds. The maximum atomic E-state index is 12.8. The minimum Gasteiger partial charge on any atom is -0.462 e. The lowest BCUT2D eigenvalue weighted by atomic mass is 10.0. The number of fused-ring (bicyclic) bond motifs is 1. The predicted molar refractivity (Wildman–Crippen MR) is 131 cm³/mol. The van der Waals surface area contributed by atoms with Crippen molar-refractivity contribution in [2.45, 2.75) is 58.2 Å². The second kappa shape index (κ2) is 9.82. The van der Waals surface area contributed by atoms with Gasteiger partial charge in [0, 0.05) is 22.2 Å². The van der Waals surface area contributed by atoms with Crippen molar-refractivity contribution in [2.75, 3.05) is 13.2 Å². The summed E-state index contributed by atoms with van der Waals surface area (Å²) in [5.41, 5.74) is 2.02. The smallest absolute Gasteiger partial charge is 0.410 e. The Bertz CT molecular complexity index is 1120. The molecule has 1 aromatic heterocycles. The lowest BCUT2D eigenvalue weighted by molar-refractivity contribution is 0.00290. The molecule has 1 fully saturated rings. The minimum absolute atomic E-state index is 0.0780. The number of hydrogen-bond acceptors (Lipinski definition) is 4. The summed E-state index contributed by atoms with van der Waals surface area (Å²) in [7, 11) is 0. The van der Waals surface area contributed by atoms with E-state index in [1.807, 2.05) is 67.8 Å². The highest BCUT2D eigenvalue weighted by atomic mass is 35.5. The lowest BCUT2D eigenvalue weighted by Gasteiger charge is -2.36. The van der Waals surface area contributed by atoms with Crippen LogP contribution >= 0.6 is 23.2 Å². The van der Waals surface area contributed by atoms with Crippen LogP contribution in [-0.4, -0.2) is 45.3 Å². The molecule has 0 saturated carbocycles. The Hall–Kier alpha value is -2.44. The molecular weight excluding hydrogens is 461 g/mol. The van der Waals surface area contributed by atoms with Gasteiger partial charge in [-0.05, 0) is 64.3 Å². The third-order valence-electron chi connectivity index (χ3n) is 5.66. The van der Waals surface area contributed by atoms with Crippen LogP contribution in [0.4, 0.5) is 4.79 Å². The molecule has 2 heterocycles. The number of hydrogen-bond donors (Lipinski definition) is 0. The average Bonchev–Trinajstić information content (AvgIpc) is 3.11. The molecule has 0 aliphatic carbocycles. The standard InChI is InChI=1S/C25H29Cl2N3O3/c1-25(2,3)33-24(31)29-14-7-6-9-17(29)16-32-23-28-21-12-4-5-13-22(21)30(23)15-18-19(26)10-8-11-20(18)27/h4-5,8,10-13,17H,6-7,9,14-16H2,1-3H3. The summed E-state index contributed by atoms with van der Waals surface area (Å²) in [6.45, 7) is 7.05. The zero-order valence-corrected chi connectivity index (χ0v) is 20.7. The highest BCUT2D eigenvalue weighted by Crippen LogP contribution is 2.30. The van der Waals surface area contributed by atoms with E-state index in [0.29, 0.717) is 35.8 Å². The molecule has 6 nitrogen and oxygen atoms in total. The second-order valence-electron chi connectivity index (χ2n) is 9.30. The van der Waals surface area contributed by atoms with Crippen LogP contribution in [0.5, 0.6) is 6.01 Å². The summed E-state index contributed by atoms with van der Waals surface area (Å²) in [5, 5.41) is 1.18. The maximum absolute atomic E-state index is 12.8. The Morgan fingerprint density at radius 2 is 1.82 bits per heavy atom. The summed E-state index contributed by atoms with van der Waals surface area (Å²) < 4.78 is 13.8. The molecule has 33 heavy (non-hydrogen) atoms. The number of likely N-dealkylation sites (tertiary alicyclic amines) is 1. The van der Waals surface area contributed by atoms with Crippen LogP contribution in [0, 0.1) is 0 Å². The molecule has 1 aliphatic rings. The molecule has 8 heteroatoms. The highest BCUT2D eigenvalue weighted by molar-refractivity contribution is 6.36. The van der Waals surface area contributed by atoms with E-state index in [1.54, 1.807) is 4.90 Å². The Morgan fingerprint density at radius 3 is 2.55 bits per heavy atom. The first-order valence-electron chi connectivity index (χ1n) is 11.2. The second-order valence-corrected chi connectivity index (χ2v) is 10.1. The first kappa shape index (κ1) is 23.7. The van der Waals surface area contributed by atoms with E-state index in [9.17, 15) is 4.79 Å². The maximum Gasteiger partial charge on any atom is 0.410 e. The van der Waals surface area contributed by atoms with Crippen LogP contribution in [0.1, 0.15) is 45.6 Å². The summed E-state index contributed by atoms with van der Waals surface area (Å²) >= 11 is 12.9. The molecule has 176 valence electrons. The van der Waals surface area contributed by atoms with E-state index in [1.165, 1.54) is 0 Å². The Balaban J connectivity index is 1.58. The van der Waals surface area contributed by atoms with Crippen molar-refractivity contribution in [1.29, 1.82) is 0 Å². The molecule has 2 aromatic carbocycles. The molecular formula is C25H29Cl2N3O3. The van der Waals surface area contributed by atoms with E-state index in [4.69, 9.17) is 37.7 Å². The van der Waals surface area contributed by atoms with E-state index in [2.05, 4.69) is 0 Å². The fraction of sp³-hybridized carbons (Fsp3) is 0.440. The zero-order chi connectivity index (χ0) is 23.6. The van der Waals surface area contributed by atoms with Gasteiger partial charge >= 0.3 is 6.09 Å². The highest BCUT2D eigenvalue weighted by Gasteiger charge is 2.31. The van der Waals surface area contributed by atoms with E-state index >= 15 is 0 Å². The fourth-order valence-corrected chi connectivity index (χ4v) is 4.58. The van der Waals surface area contributed by atoms with Crippen molar-refractivity contribution in [3.05, 3.63) is 58.1 Å². The Morgan fingerprint density at radius 1 is 1.09 bits per heavy atom. The number of amides is 1. The van der Waals surface area contributed by atoms with Crippen LogP contribution in [0.15, 0.2) is 42.5 Å². The van der Waals surface area contributed by atoms with Crippen LogP contribution < -0.4 is 4.74 Å². The SMILES string of the molecule is CC(C)(C)OC(=O)N1CCCCC1COc1nc2ccccc2n1Cc1c(Cl)cccc1Cl. The number of benzene rings is 2. The number of nitrogens with zero attached hydrogens (tertiary/aromatic N) is 3. The van der Waals surface area contributed by atoms with Gasteiger partial charge in [0.25, 0.3) is 6.01 Å². The number of para-hydroxylation sites is 2. The first-order chi connectivity index (χ1) is 15.7. The first-order valence-corrected chi connectivity index (χ1v) is 12.0. The third-order valence-corrected chi connectivity index (χ3v) is 6.37. The largest absolute Gasteiger partial charge is 0.462 e. The normalized spacial score (nSPS) is 16.8. The van der Waals surface area contributed by atoms with Crippen LogP contribution in [-0.2, 0) is 11.3 Å². The van der Waals surface area contributed by atoms with Gasteiger partial charge in [-0.2, -0.15) is 4.98 Å². The molecule has 1 aliphatic heterocycles. The number of imidazole rings is 1. The van der Waals surface area contributed by atoms with Crippen molar-refractivity contribution in [2.24, 2.45) is 0 Å². The van der Waals surface area contributed by atoms with Crippen molar-refractivity contribution < 1.29 is 14.3 Å². The van der Waals surface area contributed by atoms with Gasteiger partial charge in [-0.25, -0.2) is 4.79 Å². The average molecular weight is 490 g/mol. The Kier molecular flexibility index (Phi) is 7.05. The van der Waals surface area contributed by atoms with Gasteiger partial charge in [0.15, 0.2) is 0 Å². The van der Waals surface area contributed by atoms with Crippen LogP contribution in [0.2, 0.25) is 10.0 Å². The van der Waals surface area contributed by atoms with Gasteiger partial charge in [-0.1, -0.05) is 41.4 Å². The van der Waals surface area contributed by atoms with Crippen molar-refractivity contribution in [1.82, 2.24) is 14.5 Å². The van der Waals surface area contributed by atoms with E-state index < -0.39 is 5.60 Å². The molecule has 3 aromatic rings. The lowest BCUT2D eigenvalue weighted by Crippen LogP contribution is -2.48. The van der Waals surface area contributed by atoms with Crippen molar-refractivity contribution >= 4 is 40.3 Å². The molecule has 1 atom stereocenters. The number of rotatable bonds is 5. The molecule has 0 spiro atoms. The number of carbonyl (C=O) groups is 1. The number of carbonyl (C=O) groups excluding carboxylic acids is 1. The summed E-state index contributed by atoms with van der Waals surface area (Å²) in [4.78, 5) is 19.2. The zero-order valence-electron chi connectivity index (χ0n) is 19.2. The van der Waals surface area contributed by atoms with Gasteiger partial charge in [-0.15, -0.1) is 0 Å². The predicted octanol–water partition coefficient (Wildman–Crippen LogP) is 6.56. The number of ether oxygens (including phenoxy) is 2. The van der Waals surface area contributed by atoms with Gasteiger partial charge in [-0.3, -0.25) is 4.57 Å². The molecule has 1 saturated heterocycles. The third kappa shape index (κ3) is 5.56. The topological polar surface area (TPSA) is 56.6 Å². The minimum atomic E-state index is -0.540. The molecule has 0 bridgehead atoms. The van der Waals surface area contributed by atoms with Gasteiger partial charge < -0.3 is 14.4 Å². The molecule has 0 radical (unpaired) electrons. The number of piperidine rings is 1. The molecule has 4 rings (SSSR count). The van der Waals surface area contributed by atoms with E-state index in [0.717, 1.165) is 35.9 Å². The van der Waals surface area contributed by atoms with Crippen LogP contribution in [0.25, 0.3) is 11.0 Å². The van der Waals surface area contributed by atoms with Gasteiger partial charge in [0.1, 0.15) is 12.2 Å². The number of halogens is 2. The number of aromatic nitrogens is 2. The van der Waals surface area contributed by atoms with Crippen molar-refractivity contribution in [3.63, 3.8) is 0 Å². The van der Waals surface area contributed by atoms with Crippen LogP contribution in [0.3, 0.4) is 0 Å². The molecule has 0 N–H and O–H groups in total. The summed E-state index contributed by atoms with van der Waals surface area (Å²) in [6, 6.07) is 13.7. The quantitative estimate of drug-likeness (QED) is 0.407.